The van der Waals surface area contributed by atoms with Crippen molar-refractivity contribution in [3.63, 3.8) is 0 Å². The summed E-state index contributed by atoms with van der Waals surface area (Å²) in [4.78, 5) is 21.8. The molecule has 70 valence electrons. The van der Waals surface area contributed by atoms with Crippen molar-refractivity contribution in [1.29, 1.82) is 0 Å². The van der Waals surface area contributed by atoms with Gasteiger partial charge >= 0.3 is 0 Å². The molecule has 0 unspecified atom stereocenters. The first-order valence-electron chi connectivity index (χ1n) is 3.24. The Morgan fingerprint density at radius 3 is 2.23 bits per heavy atom. The standard InChI is InChI=1S/C7H4ClI2NO2/c8-6(12)3-11-1-4(9)7(13)5(10)2-11/h1-2H,3H2. The topological polar surface area (TPSA) is 39.1 Å². The van der Waals surface area contributed by atoms with Gasteiger partial charge in [0, 0.05) is 12.4 Å². The van der Waals surface area contributed by atoms with Crippen LogP contribution in [-0.4, -0.2) is 9.81 Å². The van der Waals surface area contributed by atoms with E-state index >= 15 is 0 Å². The first-order valence-corrected chi connectivity index (χ1v) is 5.77. The highest BCUT2D eigenvalue weighted by atomic mass is 127. The van der Waals surface area contributed by atoms with Crippen LogP contribution < -0.4 is 5.43 Å². The maximum Gasteiger partial charge on any atom is 0.241 e. The molecule has 0 N–H and O–H groups in total. The monoisotopic (exact) mass is 423 g/mol. The first kappa shape index (κ1) is 11.4. The molecular weight excluding hydrogens is 419 g/mol. The highest BCUT2D eigenvalue weighted by Gasteiger charge is 2.04. The average molecular weight is 423 g/mol. The maximum absolute atomic E-state index is 11.3. The lowest BCUT2D eigenvalue weighted by Gasteiger charge is -2.03. The Morgan fingerprint density at radius 2 is 1.85 bits per heavy atom. The van der Waals surface area contributed by atoms with E-state index in [0.717, 1.165) is 0 Å². The highest BCUT2D eigenvalue weighted by molar-refractivity contribution is 14.1. The van der Waals surface area contributed by atoms with E-state index in [0.29, 0.717) is 7.14 Å². The van der Waals surface area contributed by atoms with E-state index in [9.17, 15) is 9.59 Å². The molecule has 1 aromatic heterocycles. The molecule has 0 aliphatic heterocycles. The second-order valence-corrected chi connectivity index (χ2v) is 5.06. The van der Waals surface area contributed by atoms with E-state index in [1.54, 1.807) is 17.0 Å². The van der Waals surface area contributed by atoms with Gasteiger partial charge in [0.15, 0.2) is 0 Å². The molecule has 0 radical (unpaired) electrons. The molecule has 0 saturated heterocycles. The summed E-state index contributed by atoms with van der Waals surface area (Å²) in [6, 6.07) is 0. The lowest BCUT2D eigenvalue weighted by Crippen LogP contribution is -2.15. The summed E-state index contributed by atoms with van der Waals surface area (Å²) in [6.07, 6.45) is 3.21. The fraction of sp³-hybridized carbons (Fsp3) is 0.143. The number of nitrogens with zero attached hydrogens (tertiary/aromatic N) is 1. The van der Waals surface area contributed by atoms with Crippen LogP contribution in [0.2, 0.25) is 0 Å². The molecule has 0 spiro atoms. The minimum atomic E-state index is -0.449. The summed E-state index contributed by atoms with van der Waals surface area (Å²) in [5.74, 6) is 0. The Balaban J connectivity index is 3.13. The minimum Gasteiger partial charge on any atom is -0.343 e. The summed E-state index contributed by atoms with van der Waals surface area (Å²) >= 11 is 9.07. The SMILES string of the molecule is O=C(Cl)Cn1cc(I)c(=O)c(I)c1. The summed E-state index contributed by atoms with van der Waals surface area (Å²) < 4.78 is 2.77. The van der Waals surface area contributed by atoms with Crippen LogP contribution in [-0.2, 0) is 11.3 Å². The molecule has 0 bridgehead atoms. The molecule has 1 rings (SSSR count). The zero-order chi connectivity index (χ0) is 10.0. The fourth-order valence-electron chi connectivity index (χ4n) is 0.795. The van der Waals surface area contributed by atoms with Crippen molar-refractivity contribution in [2.45, 2.75) is 6.54 Å². The molecule has 13 heavy (non-hydrogen) atoms. The van der Waals surface area contributed by atoms with Crippen LogP contribution in [0.3, 0.4) is 0 Å². The van der Waals surface area contributed by atoms with Crippen molar-refractivity contribution in [1.82, 2.24) is 4.57 Å². The van der Waals surface area contributed by atoms with Gasteiger partial charge in [-0.05, 0) is 56.8 Å². The maximum atomic E-state index is 11.3. The molecular formula is C7H4ClI2NO2. The van der Waals surface area contributed by atoms with Gasteiger partial charge in [-0.1, -0.05) is 0 Å². The fourth-order valence-corrected chi connectivity index (χ4v) is 2.75. The summed E-state index contributed by atoms with van der Waals surface area (Å²) in [5, 5.41) is -0.449. The zero-order valence-electron chi connectivity index (χ0n) is 6.26. The Bertz CT molecular complexity index is 376. The molecule has 0 aromatic carbocycles. The van der Waals surface area contributed by atoms with Gasteiger partial charge in [0.1, 0.15) is 0 Å². The quantitative estimate of drug-likeness (QED) is 0.538. The van der Waals surface area contributed by atoms with Gasteiger partial charge in [0.25, 0.3) is 0 Å². The number of rotatable bonds is 2. The zero-order valence-corrected chi connectivity index (χ0v) is 11.3. The minimum absolute atomic E-state index is 0.0144. The smallest absolute Gasteiger partial charge is 0.241 e. The lowest BCUT2D eigenvalue weighted by atomic mass is 10.4. The summed E-state index contributed by atoms with van der Waals surface area (Å²) in [7, 11) is 0. The largest absolute Gasteiger partial charge is 0.343 e. The van der Waals surface area contributed by atoms with Crippen LogP contribution in [0.1, 0.15) is 0 Å². The van der Waals surface area contributed by atoms with Gasteiger partial charge in [-0.15, -0.1) is 0 Å². The van der Waals surface area contributed by atoms with Gasteiger partial charge in [-0.2, -0.15) is 0 Å². The second-order valence-electron chi connectivity index (χ2n) is 2.31. The van der Waals surface area contributed by atoms with E-state index in [4.69, 9.17) is 11.6 Å². The summed E-state index contributed by atoms with van der Waals surface area (Å²) in [5.41, 5.74) is -0.0144. The lowest BCUT2D eigenvalue weighted by molar-refractivity contribution is -0.112. The van der Waals surface area contributed by atoms with Crippen LogP contribution >= 0.6 is 56.8 Å². The van der Waals surface area contributed by atoms with Crippen molar-refractivity contribution < 1.29 is 4.79 Å². The third-order valence-corrected chi connectivity index (χ3v) is 2.96. The van der Waals surface area contributed by atoms with Crippen molar-refractivity contribution in [2.24, 2.45) is 0 Å². The number of carbonyl (C=O) groups excluding carboxylic acids is 1. The number of hydrogen-bond acceptors (Lipinski definition) is 2. The molecule has 0 saturated carbocycles. The molecule has 0 atom stereocenters. The average Bonchev–Trinajstić information content (AvgIpc) is 1.98. The molecule has 3 nitrogen and oxygen atoms in total. The van der Waals surface area contributed by atoms with Crippen LogP contribution in [0.5, 0.6) is 0 Å². The predicted octanol–water partition coefficient (Wildman–Crippen LogP) is 1.82. The van der Waals surface area contributed by atoms with Gasteiger partial charge < -0.3 is 4.57 Å². The van der Waals surface area contributed by atoms with Crippen LogP contribution in [0.4, 0.5) is 0 Å². The second kappa shape index (κ2) is 4.74. The van der Waals surface area contributed by atoms with Crippen LogP contribution in [0.15, 0.2) is 17.2 Å². The third-order valence-electron chi connectivity index (χ3n) is 1.30. The number of hydrogen-bond donors (Lipinski definition) is 0. The van der Waals surface area contributed by atoms with Crippen molar-refractivity contribution in [3.05, 3.63) is 29.8 Å². The van der Waals surface area contributed by atoms with E-state index in [1.807, 2.05) is 45.2 Å². The number of aromatic nitrogens is 1. The Hall–Kier alpha value is 0.370. The molecule has 0 aliphatic carbocycles. The molecule has 1 heterocycles. The Morgan fingerprint density at radius 1 is 1.38 bits per heavy atom. The summed E-state index contributed by atoms with van der Waals surface area (Å²) in [6.45, 7) is 0.0911. The highest BCUT2D eigenvalue weighted by Crippen LogP contribution is 2.04. The number of halogens is 3. The first-order chi connectivity index (χ1) is 6.00. The molecule has 0 fully saturated rings. The third kappa shape index (κ3) is 3.21. The molecule has 0 aliphatic rings. The van der Waals surface area contributed by atoms with Gasteiger partial charge in [0.05, 0.1) is 13.7 Å². The van der Waals surface area contributed by atoms with Gasteiger partial charge in [0.2, 0.25) is 10.7 Å². The van der Waals surface area contributed by atoms with Gasteiger partial charge in [-0.25, -0.2) is 0 Å². The van der Waals surface area contributed by atoms with Crippen molar-refractivity contribution in [3.8, 4) is 0 Å². The Labute approximate surface area is 107 Å². The van der Waals surface area contributed by atoms with Crippen molar-refractivity contribution >= 4 is 62.0 Å². The molecule has 1 aromatic rings. The number of carbonyl (C=O) groups is 1. The van der Waals surface area contributed by atoms with Crippen LogP contribution in [0.25, 0.3) is 0 Å². The number of pyridine rings is 1. The van der Waals surface area contributed by atoms with Crippen molar-refractivity contribution in [2.75, 3.05) is 0 Å². The van der Waals surface area contributed by atoms with E-state index in [1.165, 1.54) is 0 Å². The van der Waals surface area contributed by atoms with E-state index in [-0.39, 0.29) is 12.0 Å². The molecule has 0 amide bonds. The van der Waals surface area contributed by atoms with E-state index in [2.05, 4.69) is 0 Å². The van der Waals surface area contributed by atoms with Gasteiger partial charge in [-0.3, -0.25) is 9.59 Å². The van der Waals surface area contributed by atoms with Crippen LogP contribution in [0, 0.1) is 7.14 Å². The van der Waals surface area contributed by atoms with E-state index < -0.39 is 5.24 Å². The molecule has 6 heteroatoms. The predicted molar refractivity (Wildman–Crippen MR) is 67.0 cm³/mol. The normalized spacial score (nSPS) is 10.1. The Kier molecular flexibility index (Phi) is 4.17.